The predicted molar refractivity (Wildman–Crippen MR) is 53.6 cm³/mol. The molecule has 0 bridgehead atoms. The molecule has 1 saturated carbocycles. The Labute approximate surface area is 84.3 Å². The first-order valence-electron chi connectivity index (χ1n) is 5.19. The lowest BCUT2D eigenvalue weighted by molar-refractivity contribution is 0.356. The van der Waals surface area contributed by atoms with Crippen LogP contribution < -0.4 is 0 Å². The molecule has 14 heavy (non-hydrogen) atoms. The highest BCUT2D eigenvalue weighted by molar-refractivity contribution is 5.02. The smallest absolute Gasteiger partial charge is 0.0625 e. The van der Waals surface area contributed by atoms with Crippen LogP contribution in [-0.2, 0) is 0 Å². The van der Waals surface area contributed by atoms with Crippen molar-refractivity contribution in [2.24, 2.45) is 5.92 Å². The third-order valence-corrected chi connectivity index (χ3v) is 3.04. The molecule has 2 rings (SSSR count). The Morgan fingerprint density at radius 3 is 3.14 bits per heavy atom. The number of hydrogen-bond acceptors (Lipinski definition) is 2. The molecule has 0 radical (unpaired) electrons. The summed E-state index contributed by atoms with van der Waals surface area (Å²) in [6, 6.07) is 2.74. The Bertz CT molecular complexity index is 348. The molecule has 0 aliphatic heterocycles. The summed E-state index contributed by atoms with van der Waals surface area (Å²) in [6.45, 7) is 2.05. The van der Waals surface area contributed by atoms with Crippen LogP contribution in [0.1, 0.15) is 37.3 Å². The fourth-order valence-electron chi connectivity index (χ4n) is 2.34. The molecule has 3 heteroatoms. The SMILES string of the molecule is Cc1cnn(C2CCCC2CC#N)c1. The first kappa shape index (κ1) is 9.26. The van der Waals surface area contributed by atoms with Gasteiger partial charge in [-0.3, -0.25) is 4.68 Å². The van der Waals surface area contributed by atoms with Crippen molar-refractivity contribution in [1.29, 1.82) is 5.26 Å². The molecule has 1 aliphatic carbocycles. The van der Waals surface area contributed by atoms with Crippen LogP contribution >= 0.6 is 0 Å². The van der Waals surface area contributed by atoms with E-state index >= 15 is 0 Å². The summed E-state index contributed by atoms with van der Waals surface area (Å²) in [7, 11) is 0. The number of nitrogens with zero attached hydrogens (tertiary/aromatic N) is 3. The molecule has 2 atom stereocenters. The van der Waals surface area contributed by atoms with Crippen molar-refractivity contribution in [1.82, 2.24) is 9.78 Å². The van der Waals surface area contributed by atoms with Crippen LogP contribution in [0.3, 0.4) is 0 Å². The minimum atomic E-state index is 0.461. The quantitative estimate of drug-likeness (QED) is 0.717. The van der Waals surface area contributed by atoms with Gasteiger partial charge in [-0.1, -0.05) is 6.42 Å². The highest BCUT2D eigenvalue weighted by Gasteiger charge is 2.28. The maximum Gasteiger partial charge on any atom is 0.0625 e. The highest BCUT2D eigenvalue weighted by atomic mass is 15.3. The Morgan fingerprint density at radius 1 is 1.64 bits per heavy atom. The molecule has 1 aliphatic rings. The van der Waals surface area contributed by atoms with E-state index in [9.17, 15) is 0 Å². The van der Waals surface area contributed by atoms with Crippen molar-refractivity contribution in [3.8, 4) is 6.07 Å². The van der Waals surface area contributed by atoms with E-state index in [2.05, 4.69) is 24.3 Å². The predicted octanol–water partition coefficient (Wildman–Crippen LogP) is 2.45. The number of hydrogen-bond donors (Lipinski definition) is 0. The van der Waals surface area contributed by atoms with Crippen molar-refractivity contribution in [2.45, 2.75) is 38.6 Å². The van der Waals surface area contributed by atoms with E-state index in [4.69, 9.17) is 5.26 Å². The van der Waals surface area contributed by atoms with Gasteiger partial charge in [-0.25, -0.2) is 0 Å². The van der Waals surface area contributed by atoms with Gasteiger partial charge < -0.3 is 0 Å². The summed E-state index contributed by atoms with van der Waals surface area (Å²) in [4.78, 5) is 0. The zero-order valence-electron chi connectivity index (χ0n) is 8.48. The molecule has 1 heterocycles. The second kappa shape index (κ2) is 3.83. The first-order valence-corrected chi connectivity index (χ1v) is 5.19. The number of aromatic nitrogens is 2. The molecule has 0 amide bonds. The maximum absolute atomic E-state index is 8.72. The summed E-state index contributed by atoms with van der Waals surface area (Å²) < 4.78 is 2.05. The van der Waals surface area contributed by atoms with Gasteiger partial charge in [-0.05, 0) is 31.2 Å². The lowest BCUT2D eigenvalue weighted by atomic mass is 10.0. The van der Waals surface area contributed by atoms with E-state index in [-0.39, 0.29) is 0 Å². The zero-order valence-corrected chi connectivity index (χ0v) is 8.48. The molecule has 3 nitrogen and oxygen atoms in total. The van der Waals surface area contributed by atoms with E-state index in [1.807, 2.05) is 10.9 Å². The Hall–Kier alpha value is -1.30. The second-order valence-corrected chi connectivity index (χ2v) is 4.12. The van der Waals surface area contributed by atoms with Crippen LogP contribution in [0, 0.1) is 24.2 Å². The van der Waals surface area contributed by atoms with E-state index in [0.717, 1.165) is 0 Å². The molecule has 1 fully saturated rings. The maximum atomic E-state index is 8.72. The topological polar surface area (TPSA) is 41.6 Å². The molecular weight excluding hydrogens is 174 g/mol. The standard InChI is InChI=1S/C11H15N3/c1-9-7-13-14(8-9)11-4-2-3-10(11)5-6-12/h7-8,10-11H,2-5H2,1H3. The molecule has 0 N–H and O–H groups in total. The normalized spacial score (nSPS) is 26.3. The Kier molecular flexibility index (Phi) is 2.53. The Morgan fingerprint density at radius 2 is 2.50 bits per heavy atom. The van der Waals surface area contributed by atoms with Gasteiger partial charge in [0.1, 0.15) is 0 Å². The van der Waals surface area contributed by atoms with Gasteiger partial charge in [0.25, 0.3) is 0 Å². The molecular formula is C11H15N3. The van der Waals surface area contributed by atoms with Gasteiger partial charge in [-0.15, -0.1) is 0 Å². The third-order valence-electron chi connectivity index (χ3n) is 3.04. The number of aryl methyl sites for hydroxylation is 1. The molecule has 0 saturated heterocycles. The van der Waals surface area contributed by atoms with Gasteiger partial charge >= 0.3 is 0 Å². The second-order valence-electron chi connectivity index (χ2n) is 4.12. The van der Waals surface area contributed by atoms with Crippen molar-refractivity contribution >= 4 is 0 Å². The van der Waals surface area contributed by atoms with Gasteiger partial charge in [0, 0.05) is 12.6 Å². The minimum absolute atomic E-state index is 0.461. The van der Waals surface area contributed by atoms with Crippen molar-refractivity contribution < 1.29 is 0 Å². The van der Waals surface area contributed by atoms with E-state index in [1.165, 1.54) is 24.8 Å². The van der Waals surface area contributed by atoms with Crippen molar-refractivity contribution in [3.05, 3.63) is 18.0 Å². The molecule has 0 spiro atoms. The molecule has 2 unspecified atom stereocenters. The van der Waals surface area contributed by atoms with E-state index in [1.54, 1.807) is 0 Å². The number of nitriles is 1. The summed E-state index contributed by atoms with van der Waals surface area (Å²) in [5.41, 5.74) is 1.20. The highest BCUT2D eigenvalue weighted by Crippen LogP contribution is 2.37. The molecule has 1 aromatic rings. The largest absolute Gasteiger partial charge is 0.269 e. The minimum Gasteiger partial charge on any atom is -0.269 e. The Balaban J connectivity index is 2.14. The van der Waals surface area contributed by atoms with Gasteiger partial charge in [0.2, 0.25) is 0 Å². The van der Waals surface area contributed by atoms with Crippen LogP contribution in [0.4, 0.5) is 0 Å². The van der Waals surface area contributed by atoms with Gasteiger partial charge in [0.15, 0.2) is 0 Å². The average Bonchev–Trinajstić information content (AvgIpc) is 2.74. The van der Waals surface area contributed by atoms with Crippen molar-refractivity contribution in [2.75, 3.05) is 0 Å². The summed E-state index contributed by atoms with van der Waals surface area (Å²) >= 11 is 0. The number of rotatable bonds is 2. The summed E-state index contributed by atoms with van der Waals surface area (Å²) in [5.74, 6) is 0.513. The average molecular weight is 189 g/mol. The molecule has 0 aromatic carbocycles. The first-order chi connectivity index (χ1) is 6.81. The van der Waals surface area contributed by atoms with Crippen LogP contribution in [0.2, 0.25) is 0 Å². The van der Waals surface area contributed by atoms with E-state index in [0.29, 0.717) is 18.4 Å². The van der Waals surface area contributed by atoms with E-state index < -0.39 is 0 Å². The molecule has 74 valence electrons. The lowest BCUT2D eigenvalue weighted by Gasteiger charge is -2.17. The summed E-state index contributed by atoms with van der Waals surface area (Å²) in [6.07, 6.45) is 8.23. The van der Waals surface area contributed by atoms with Crippen LogP contribution in [0.5, 0.6) is 0 Å². The fraction of sp³-hybridized carbons (Fsp3) is 0.636. The van der Waals surface area contributed by atoms with Crippen LogP contribution in [0.25, 0.3) is 0 Å². The van der Waals surface area contributed by atoms with Crippen LogP contribution in [0.15, 0.2) is 12.4 Å². The fourth-order valence-corrected chi connectivity index (χ4v) is 2.34. The third kappa shape index (κ3) is 1.65. The monoisotopic (exact) mass is 189 g/mol. The lowest BCUT2D eigenvalue weighted by Crippen LogP contribution is -2.14. The van der Waals surface area contributed by atoms with Gasteiger partial charge in [-0.2, -0.15) is 10.4 Å². The van der Waals surface area contributed by atoms with Crippen molar-refractivity contribution in [3.63, 3.8) is 0 Å². The zero-order chi connectivity index (χ0) is 9.97. The summed E-state index contributed by atoms with van der Waals surface area (Å²) in [5, 5.41) is 13.1. The van der Waals surface area contributed by atoms with Gasteiger partial charge in [0.05, 0.1) is 18.3 Å². The van der Waals surface area contributed by atoms with Crippen LogP contribution in [-0.4, -0.2) is 9.78 Å². The molecule has 1 aromatic heterocycles.